The molecule has 150 valence electrons. The summed E-state index contributed by atoms with van der Waals surface area (Å²) in [4.78, 5) is 23.8. The summed E-state index contributed by atoms with van der Waals surface area (Å²) in [5.41, 5.74) is 2.87. The molecule has 2 aromatic rings. The molecule has 0 aromatic heterocycles. The highest BCUT2D eigenvalue weighted by Crippen LogP contribution is 2.29. The molecule has 0 aliphatic rings. The van der Waals surface area contributed by atoms with Crippen LogP contribution in [0.5, 0.6) is 5.75 Å². The summed E-state index contributed by atoms with van der Waals surface area (Å²) in [6, 6.07) is 15.4. The van der Waals surface area contributed by atoms with Crippen molar-refractivity contribution >= 4 is 17.5 Å². The van der Waals surface area contributed by atoms with Crippen LogP contribution >= 0.6 is 0 Å². The Morgan fingerprint density at radius 3 is 2.36 bits per heavy atom. The molecule has 2 rings (SSSR count). The molecule has 0 spiro atoms. The number of anilines is 1. The van der Waals surface area contributed by atoms with Crippen LogP contribution < -0.4 is 15.4 Å². The van der Waals surface area contributed by atoms with Gasteiger partial charge in [0.05, 0.1) is 0 Å². The van der Waals surface area contributed by atoms with Crippen LogP contribution in [0.1, 0.15) is 50.7 Å². The predicted molar refractivity (Wildman–Crippen MR) is 113 cm³/mol. The smallest absolute Gasteiger partial charge is 0.265 e. The van der Waals surface area contributed by atoms with Crippen LogP contribution in [0.25, 0.3) is 0 Å². The number of rotatable bonds is 9. The van der Waals surface area contributed by atoms with Crippen molar-refractivity contribution in [3.63, 3.8) is 0 Å². The molecule has 2 unspecified atom stereocenters. The number of carbonyl (C=O) groups excluding carboxylic acids is 2. The average molecular weight is 383 g/mol. The number of hydrogen-bond acceptors (Lipinski definition) is 3. The maximum absolute atomic E-state index is 12.5. The lowest BCUT2D eigenvalue weighted by Crippen LogP contribution is -2.30. The first-order valence-corrected chi connectivity index (χ1v) is 9.80. The Bertz CT molecular complexity index is 787. The molecule has 0 aliphatic carbocycles. The van der Waals surface area contributed by atoms with Crippen LogP contribution in [0.4, 0.5) is 5.69 Å². The monoisotopic (exact) mass is 382 g/mol. The highest BCUT2D eigenvalue weighted by atomic mass is 16.5. The molecule has 5 heteroatoms. The third kappa shape index (κ3) is 6.12. The molecular weight excluding hydrogens is 352 g/mol. The van der Waals surface area contributed by atoms with Crippen LogP contribution in [-0.4, -0.2) is 25.0 Å². The second kappa shape index (κ2) is 10.5. The van der Waals surface area contributed by atoms with Crippen molar-refractivity contribution < 1.29 is 14.3 Å². The summed E-state index contributed by atoms with van der Waals surface area (Å²) in [7, 11) is 1.63. The summed E-state index contributed by atoms with van der Waals surface area (Å²) < 4.78 is 5.95. The largest absolute Gasteiger partial charge is 0.481 e. The molecule has 28 heavy (non-hydrogen) atoms. The zero-order chi connectivity index (χ0) is 20.5. The van der Waals surface area contributed by atoms with E-state index < -0.39 is 6.10 Å². The number of hydrogen-bond donors (Lipinski definition) is 2. The second-order valence-corrected chi connectivity index (χ2v) is 6.97. The summed E-state index contributed by atoms with van der Waals surface area (Å²) in [5.74, 6) is 0.941. The fourth-order valence-electron chi connectivity index (χ4n) is 2.84. The molecule has 0 aliphatic heterocycles. The maximum atomic E-state index is 12.5. The molecule has 2 aromatic carbocycles. The summed E-state index contributed by atoms with van der Waals surface area (Å²) in [5, 5.41) is 5.49. The SMILES string of the molecule is CCC(C)c1ccccc1OC(C)C(=O)Nc1ccc(CCC(=O)NC)cc1. The van der Waals surface area contributed by atoms with E-state index in [-0.39, 0.29) is 11.8 Å². The first-order valence-electron chi connectivity index (χ1n) is 9.80. The number of amides is 2. The molecule has 5 nitrogen and oxygen atoms in total. The number of para-hydroxylation sites is 1. The van der Waals surface area contributed by atoms with Gasteiger partial charge in [0, 0.05) is 19.2 Å². The lowest BCUT2D eigenvalue weighted by molar-refractivity contribution is -0.122. The Morgan fingerprint density at radius 1 is 1.04 bits per heavy atom. The van der Waals surface area contributed by atoms with Crippen molar-refractivity contribution in [1.82, 2.24) is 5.32 Å². The predicted octanol–water partition coefficient (Wildman–Crippen LogP) is 4.28. The highest BCUT2D eigenvalue weighted by Gasteiger charge is 2.18. The fraction of sp³-hybridized carbons (Fsp3) is 0.391. The average Bonchev–Trinajstić information content (AvgIpc) is 2.72. The minimum atomic E-state index is -0.613. The number of aryl methyl sites for hydroxylation is 1. The minimum absolute atomic E-state index is 0.0148. The molecule has 2 amide bonds. The third-order valence-electron chi connectivity index (χ3n) is 4.88. The quantitative estimate of drug-likeness (QED) is 0.680. The fourth-order valence-corrected chi connectivity index (χ4v) is 2.84. The van der Waals surface area contributed by atoms with Gasteiger partial charge in [0.15, 0.2) is 6.10 Å². The first-order chi connectivity index (χ1) is 13.4. The molecule has 0 saturated heterocycles. The zero-order valence-electron chi connectivity index (χ0n) is 17.1. The number of ether oxygens (including phenoxy) is 1. The molecule has 2 N–H and O–H groups in total. The van der Waals surface area contributed by atoms with Gasteiger partial charge in [-0.3, -0.25) is 9.59 Å². The Balaban J connectivity index is 1.95. The Labute approximate surface area is 167 Å². The van der Waals surface area contributed by atoms with E-state index >= 15 is 0 Å². The van der Waals surface area contributed by atoms with Crippen molar-refractivity contribution in [2.45, 2.75) is 52.1 Å². The Kier molecular flexibility index (Phi) is 8.05. The zero-order valence-corrected chi connectivity index (χ0v) is 17.1. The van der Waals surface area contributed by atoms with E-state index in [1.54, 1.807) is 14.0 Å². The molecule has 2 atom stereocenters. The van der Waals surface area contributed by atoms with E-state index in [0.717, 1.165) is 23.3 Å². The van der Waals surface area contributed by atoms with Crippen molar-refractivity contribution in [2.24, 2.45) is 0 Å². The lowest BCUT2D eigenvalue weighted by atomic mass is 9.98. The Morgan fingerprint density at radius 2 is 1.71 bits per heavy atom. The van der Waals surface area contributed by atoms with Gasteiger partial charge in [-0.25, -0.2) is 0 Å². The molecule has 0 fully saturated rings. The summed E-state index contributed by atoms with van der Waals surface area (Å²) in [6.45, 7) is 6.04. The maximum Gasteiger partial charge on any atom is 0.265 e. The van der Waals surface area contributed by atoms with E-state index in [0.29, 0.717) is 24.4 Å². The van der Waals surface area contributed by atoms with Gasteiger partial charge in [0.1, 0.15) is 5.75 Å². The molecule has 0 radical (unpaired) electrons. The number of benzene rings is 2. The van der Waals surface area contributed by atoms with Crippen molar-refractivity contribution in [3.8, 4) is 5.75 Å². The molecule has 0 bridgehead atoms. The summed E-state index contributed by atoms with van der Waals surface area (Å²) in [6.07, 6.45) is 1.51. The van der Waals surface area contributed by atoms with Gasteiger partial charge in [-0.05, 0) is 55.0 Å². The van der Waals surface area contributed by atoms with Gasteiger partial charge in [0.25, 0.3) is 5.91 Å². The molecular formula is C23H30N2O3. The van der Waals surface area contributed by atoms with E-state index in [2.05, 4.69) is 24.5 Å². The van der Waals surface area contributed by atoms with Gasteiger partial charge < -0.3 is 15.4 Å². The first kappa shape index (κ1) is 21.5. The topological polar surface area (TPSA) is 67.4 Å². The lowest BCUT2D eigenvalue weighted by Gasteiger charge is -2.19. The van der Waals surface area contributed by atoms with Crippen molar-refractivity contribution in [2.75, 3.05) is 12.4 Å². The van der Waals surface area contributed by atoms with E-state index in [4.69, 9.17) is 4.74 Å². The van der Waals surface area contributed by atoms with Gasteiger partial charge in [-0.1, -0.05) is 44.2 Å². The number of carbonyl (C=O) groups is 2. The van der Waals surface area contributed by atoms with Crippen LogP contribution in [0, 0.1) is 0 Å². The van der Waals surface area contributed by atoms with E-state index in [9.17, 15) is 9.59 Å². The van der Waals surface area contributed by atoms with Crippen LogP contribution in [-0.2, 0) is 16.0 Å². The minimum Gasteiger partial charge on any atom is -0.481 e. The van der Waals surface area contributed by atoms with Crippen LogP contribution in [0.2, 0.25) is 0 Å². The third-order valence-corrected chi connectivity index (χ3v) is 4.88. The number of nitrogens with one attached hydrogen (secondary N) is 2. The highest BCUT2D eigenvalue weighted by molar-refractivity contribution is 5.94. The second-order valence-electron chi connectivity index (χ2n) is 6.97. The van der Waals surface area contributed by atoms with E-state index in [1.165, 1.54) is 0 Å². The molecule has 0 saturated carbocycles. The normalized spacial score (nSPS) is 12.7. The molecule has 0 heterocycles. The van der Waals surface area contributed by atoms with Crippen molar-refractivity contribution in [3.05, 3.63) is 59.7 Å². The van der Waals surface area contributed by atoms with Gasteiger partial charge in [-0.2, -0.15) is 0 Å². The van der Waals surface area contributed by atoms with Gasteiger partial charge in [-0.15, -0.1) is 0 Å². The van der Waals surface area contributed by atoms with Crippen LogP contribution in [0.15, 0.2) is 48.5 Å². The van der Waals surface area contributed by atoms with Crippen LogP contribution in [0.3, 0.4) is 0 Å². The Hall–Kier alpha value is -2.82. The van der Waals surface area contributed by atoms with E-state index in [1.807, 2.05) is 48.5 Å². The van der Waals surface area contributed by atoms with Gasteiger partial charge >= 0.3 is 0 Å². The summed E-state index contributed by atoms with van der Waals surface area (Å²) >= 11 is 0. The standard InChI is InChI=1S/C23H30N2O3/c1-5-16(2)20-8-6-7-9-21(20)28-17(3)23(27)25-19-13-10-18(11-14-19)12-15-22(26)24-4/h6-11,13-14,16-17H,5,12,15H2,1-4H3,(H,24,26)(H,25,27). The van der Waals surface area contributed by atoms with Crippen molar-refractivity contribution in [1.29, 1.82) is 0 Å². The van der Waals surface area contributed by atoms with Gasteiger partial charge in [0.2, 0.25) is 5.91 Å².